The average molecular weight is 311 g/mol. The Morgan fingerprint density at radius 2 is 1.95 bits per heavy atom. The SMILES string of the molecule is CSCCC(C(=O)ON1C(=O)CCC1=O)S(=O)(=O)O. The van der Waals surface area contributed by atoms with Crippen LogP contribution in [0.2, 0.25) is 0 Å². The van der Waals surface area contributed by atoms with E-state index in [1.807, 2.05) is 0 Å². The van der Waals surface area contributed by atoms with Crippen LogP contribution in [0.25, 0.3) is 0 Å². The van der Waals surface area contributed by atoms with Gasteiger partial charge in [0.1, 0.15) is 0 Å². The first-order chi connectivity index (χ1) is 8.77. The Bertz CT molecular complexity index is 471. The van der Waals surface area contributed by atoms with E-state index in [1.54, 1.807) is 6.26 Å². The summed E-state index contributed by atoms with van der Waals surface area (Å²) in [4.78, 5) is 38.5. The molecule has 0 spiro atoms. The minimum Gasteiger partial charge on any atom is -0.329 e. The molecule has 1 aliphatic rings. The molecule has 0 aromatic rings. The van der Waals surface area contributed by atoms with Crippen molar-refractivity contribution in [1.82, 2.24) is 5.06 Å². The van der Waals surface area contributed by atoms with Crippen molar-refractivity contribution in [3.05, 3.63) is 0 Å². The van der Waals surface area contributed by atoms with Gasteiger partial charge in [-0.1, -0.05) is 0 Å². The van der Waals surface area contributed by atoms with Crippen LogP contribution in [0.15, 0.2) is 0 Å². The van der Waals surface area contributed by atoms with Crippen LogP contribution in [0, 0.1) is 0 Å². The van der Waals surface area contributed by atoms with Gasteiger partial charge >= 0.3 is 5.97 Å². The summed E-state index contributed by atoms with van der Waals surface area (Å²) in [5, 5.41) is -1.55. The van der Waals surface area contributed by atoms with Crippen molar-refractivity contribution in [2.75, 3.05) is 12.0 Å². The summed E-state index contributed by atoms with van der Waals surface area (Å²) in [6, 6.07) is 0. The van der Waals surface area contributed by atoms with Gasteiger partial charge in [0.15, 0.2) is 5.25 Å². The van der Waals surface area contributed by atoms with Crippen molar-refractivity contribution in [2.45, 2.75) is 24.5 Å². The Morgan fingerprint density at radius 3 is 2.37 bits per heavy atom. The Morgan fingerprint density at radius 1 is 1.42 bits per heavy atom. The third-order valence-electron chi connectivity index (χ3n) is 2.39. The van der Waals surface area contributed by atoms with E-state index in [1.165, 1.54) is 11.8 Å². The highest BCUT2D eigenvalue weighted by molar-refractivity contribution is 7.98. The Hall–Kier alpha value is -1.13. The van der Waals surface area contributed by atoms with Gasteiger partial charge in [-0.25, -0.2) is 4.79 Å². The van der Waals surface area contributed by atoms with Gasteiger partial charge in [0.2, 0.25) is 0 Å². The molecule has 2 amide bonds. The van der Waals surface area contributed by atoms with Gasteiger partial charge in [0.05, 0.1) is 0 Å². The van der Waals surface area contributed by atoms with Gasteiger partial charge in [-0.15, -0.1) is 5.06 Å². The second kappa shape index (κ2) is 6.35. The quantitative estimate of drug-likeness (QED) is 0.520. The molecule has 0 aromatic heterocycles. The number of hydrogen-bond acceptors (Lipinski definition) is 7. The lowest BCUT2D eigenvalue weighted by atomic mass is 10.3. The molecule has 1 N–H and O–H groups in total. The van der Waals surface area contributed by atoms with Crippen LogP contribution in [0.4, 0.5) is 0 Å². The highest BCUT2D eigenvalue weighted by Gasteiger charge is 2.38. The lowest BCUT2D eigenvalue weighted by molar-refractivity contribution is -0.197. The fourth-order valence-corrected chi connectivity index (χ4v) is 2.74. The number of hydroxylamine groups is 2. The fraction of sp³-hybridized carbons (Fsp3) is 0.667. The van der Waals surface area contributed by atoms with Crippen molar-refractivity contribution in [2.24, 2.45) is 0 Å². The molecule has 10 heteroatoms. The minimum absolute atomic E-state index is 0.0898. The average Bonchev–Trinajstić information content (AvgIpc) is 2.59. The molecular weight excluding hydrogens is 298 g/mol. The molecule has 108 valence electrons. The number of thioether (sulfide) groups is 1. The Balaban J connectivity index is 2.77. The van der Waals surface area contributed by atoms with E-state index in [0.29, 0.717) is 5.75 Å². The van der Waals surface area contributed by atoms with Crippen molar-refractivity contribution in [1.29, 1.82) is 0 Å². The molecule has 0 bridgehead atoms. The highest BCUT2D eigenvalue weighted by Crippen LogP contribution is 2.16. The number of nitrogens with zero attached hydrogens (tertiary/aromatic N) is 1. The van der Waals surface area contributed by atoms with Gasteiger partial charge < -0.3 is 4.84 Å². The molecule has 1 aliphatic heterocycles. The topological polar surface area (TPSA) is 118 Å². The molecule has 8 nitrogen and oxygen atoms in total. The van der Waals surface area contributed by atoms with Crippen LogP contribution in [0.3, 0.4) is 0 Å². The maximum absolute atomic E-state index is 11.6. The van der Waals surface area contributed by atoms with Gasteiger partial charge in [-0.05, 0) is 18.4 Å². The zero-order valence-electron chi connectivity index (χ0n) is 10.1. The molecule has 1 unspecified atom stereocenters. The largest absolute Gasteiger partial charge is 0.353 e. The standard InChI is InChI=1S/C9H13NO7S2/c1-18-5-4-6(19(14,15)16)9(13)17-10-7(11)2-3-8(10)12/h6H,2-5H2,1H3,(H,14,15,16). The second-order valence-electron chi connectivity index (χ2n) is 3.78. The lowest BCUT2D eigenvalue weighted by Crippen LogP contribution is -2.39. The summed E-state index contributed by atoms with van der Waals surface area (Å²) >= 11 is 1.28. The van der Waals surface area contributed by atoms with Crippen LogP contribution in [0.5, 0.6) is 0 Å². The van der Waals surface area contributed by atoms with Crippen LogP contribution < -0.4 is 0 Å². The van der Waals surface area contributed by atoms with Gasteiger partial charge in [-0.3, -0.25) is 14.1 Å². The molecule has 0 aromatic carbocycles. The minimum atomic E-state index is -4.65. The van der Waals surface area contributed by atoms with E-state index in [4.69, 9.17) is 4.55 Å². The summed E-state index contributed by atoms with van der Waals surface area (Å²) < 4.78 is 31.1. The summed E-state index contributed by atoms with van der Waals surface area (Å²) in [6.07, 6.45) is 1.34. The van der Waals surface area contributed by atoms with Gasteiger partial charge in [0, 0.05) is 12.8 Å². The molecule has 0 aliphatic carbocycles. The van der Waals surface area contributed by atoms with E-state index >= 15 is 0 Å². The first-order valence-corrected chi connectivity index (χ1v) is 8.20. The smallest absolute Gasteiger partial charge is 0.329 e. The Labute approximate surface area is 114 Å². The monoisotopic (exact) mass is 311 g/mol. The number of hydrogen-bond donors (Lipinski definition) is 1. The van der Waals surface area contributed by atoms with Crippen molar-refractivity contribution in [3.8, 4) is 0 Å². The van der Waals surface area contributed by atoms with Gasteiger partial charge in [-0.2, -0.15) is 20.2 Å². The first-order valence-electron chi connectivity index (χ1n) is 5.30. The zero-order chi connectivity index (χ0) is 14.6. The fourth-order valence-electron chi connectivity index (χ4n) is 1.42. The highest BCUT2D eigenvalue weighted by atomic mass is 32.2. The molecule has 19 heavy (non-hydrogen) atoms. The van der Waals surface area contributed by atoms with E-state index in [-0.39, 0.29) is 24.3 Å². The van der Waals surface area contributed by atoms with Gasteiger partial charge in [0.25, 0.3) is 21.9 Å². The van der Waals surface area contributed by atoms with Crippen LogP contribution in [0.1, 0.15) is 19.3 Å². The maximum atomic E-state index is 11.6. The summed E-state index contributed by atoms with van der Waals surface area (Å²) in [5.41, 5.74) is 0. The number of carbonyl (C=O) groups is 3. The zero-order valence-corrected chi connectivity index (χ0v) is 11.7. The molecule has 1 atom stereocenters. The summed E-state index contributed by atoms with van der Waals surface area (Å²) in [5.74, 6) is -2.46. The number of amides is 2. The molecule has 1 heterocycles. The van der Waals surface area contributed by atoms with Crippen molar-refractivity contribution in [3.63, 3.8) is 0 Å². The third kappa shape index (κ3) is 4.18. The van der Waals surface area contributed by atoms with Crippen LogP contribution >= 0.6 is 11.8 Å². The van der Waals surface area contributed by atoms with Crippen LogP contribution in [-0.2, 0) is 29.3 Å². The number of carbonyl (C=O) groups excluding carboxylic acids is 3. The molecule has 1 rings (SSSR count). The molecular formula is C9H13NO7S2. The first kappa shape index (κ1) is 15.9. The third-order valence-corrected chi connectivity index (χ3v) is 4.18. The number of imide groups is 1. The number of rotatable bonds is 6. The van der Waals surface area contributed by atoms with E-state index in [0.717, 1.165) is 0 Å². The molecule has 1 saturated heterocycles. The summed E-state index contributed by atoms with van der Waals surface area (Å²) in [7, 11) is -4.65. The second-order valence-corrected chi connectivity index (χ2v) is 6.36. The predicted molar refractivity (Wildman–Crippen MR) is 65.5 cm³/mol. The molecule has 0 radical (unpaired) electrons. The van der Waals surface area contributed by atoms with E-state index in [9.17, 15) is 22.8 Å². The maximum Gasteiger partial charge on any atom is 0.353 e. The predicted octanol–water partition coefficient (Wildman–Crippen LogP) is -0.397. The van der Waals surface area contributed by atoms with Crippen molar-refractivity contribution < 1.29 is 32.2 Å². The lowest BCUT2D eigenvalue weighted by Gasteiger charge is -2.16. The normalized spacial score (nSPS) is 17.7. The summed E-state index contributed by atoms with van der Waals surface area (Å²) in [6.45, 7) is 0. The van der Waals surface area contributed by atoms with Crippen molar-refractivity contribution >= 4 is 39.7 Å². The van der Waals surface area contributed by atoms with Crippen LogP contribution in [-0.4, -0.2) is 53.1 Å². The Kier molecular flexibility index (Phi) is 5.32. The van der Waals surface area contributed by atoms with E-state index in [2.05, 4.69) is 4.84 Å². The van der Waals surface area contributed by atoms with E-state index < -0.39 is 33.2 Å². The molecule has 1 fully saturated rings. The molecule has 0 saturated carbocycles.